The van der Waals surface area contributed by atoms with E-state index in [1.807, 2.05) is 0 Å². The third kappa shape index (κ3) is 19.9. The molecule has 0 aliphatic carbocycles. The molecular weight excluding hydrogens is 264 g/mol. The predicted octanol–water partition coefficient (Wildman–Crippen LogP) is 5.06. The second-order valence-electron chi connectivity index (χ2n) is 5.99. The minimum Gasteiger partial charge on any atom is -0.396 e. The Bertz CT molecular complexity index is 156. The number of hydrogen-bond acceptors (Lipinski definition) is 3. The van der Waals surface area contributed by atoms with Crippen LogP contribution < -0.4 is 0 Å². The topological polar surface area (TPSA) is 38.7 Å². The minimum atomic E-state index is 0.361. The molecule has 0 aromatic heterocycles. The standard InChI is InChI=1S/C18H38O3/c1-20-18-21-17-15-13-11-9-7-5-3-2-4-6-8-10-12-14-16-19/h19H,2-18H2,1H3. The molecule has 0 saturated carbocycles. The molecule has 0 saturated heterocycles. The highest BCUT2D eigenvalue weighted by atomic mass is 16.7. The Morgan fingerprint density at radius 3 is 1.33 bits per heavy atom. The lowest BCUT2D eigenvalue weighted by Gasteiger charge is -2.04. The first-order chi connectivity index (χ1) is 10.4. The van der Waals surface area contributed by atoms with E-state index in [9.17, 15) is 0 Å². The maximum Gasteiger partial charge on any atom is 0.146 e. The number of methoxy groups -OCH3 is 1. The summed E-state index contributed by atoms with van der Waals surface area (Å²) in [5.41, 5.74) is 0. The van der Waals surface area contributed by atoms with Crippen molar-refractivity contribution >= 4 is 0 Å². The average Bonchev–Trinajstić information content (AvgIpc) is 2.50. The van der Waals surface area contributed by atoms with Gasteiger partial charge >= 0.3 is 0 Å². The van der Waals surface area contributed by atoms with Crippen molar-refractivity contribution in [2.24, 2.45) is 0 Å². The molecule has 3 nitrogen and oxygen atoms in total. The van der Waals surface area contributed by atoms with Crippen LogP contribution in [0.2, 0.25) is 0 Å². The van der Waals surface area contributed by atoms with E-state index in [1.54, 1.807) is 7.11 Å². The summed E-state index contributed by atoms with van der Waals surface area (Å²) in [7, 11) is 1.66. The molecule has 0 amide bonds. The van der Waals surface area contributed by atoms with Crippen LogP contribution in [0.1, 0.15) is 89.9 Å². The van der Waals surface area contributed by atoms with Crippen molar-refractivity contribution in [3.8, 4) is 0 Å². The minimum absolute atomic E-state index is 0.361. The van der Waals surface area contributed by atoms with Crippen LogP contribution in [0.5, 0.6) is 0 Å². The second kappa shape index (κ2) is 19.9. The molecule has 128 valence electrons. The fraction of sp³-hybridized carbons (Fsp3) is 1.00. The van der Waals surface area contributed by atoms with Crippen molar-refractivity contribution < 1.29 is 14.6 Å². The summed E-state index contributed by atoms with van der Waals surface area (Å²) < 4.78 is 10.1. The van der Waals surface area contributed by atoms with Gasteiger partial charge in [0.1, 0.15) is 6.79 Å². The molecule has 21 heavy (non-hydrogen) atoms. The number of aliphatic hydroxyl groups excluding tert-OH is 1. The van der Waals surface area contributed by atoms with Crippen molar-refractivity contribution in [2.45, 2.75) is 89.9 Å². The normalized spacial score (nSPS) is 11.1. The Hall–Kier alpha value is -0.120. The Morgan fingerprint density at radius 2 is 0.952 bits per heavy atom. The number of rotatable bonds is 18. The highest BCUT2D eigenvalue weighted by Crippen LogP contribution is 2.12. The first-order valence-corrected chi connectivity index (χ1v) is 9.09. The van der Waals surface area contributed by atoms with E-state index in [-0.39, 0.29) is 0 Å². The Morgan fingerprint density at radius 1 is 0.571 bits per heavy atom. The quantitative estimate of drug-likeness (QED) is 0.284. The van der Waals surface area contributed by atoms with Crippen LogP contribution in [0.25, 0.3) is 0 Å². The number of unbranched alkanes of at least 4 members (excludes halogenated alkanes) is 13. The zero-order valence-electron chi connectivity index (χ0n) is 14.3. The van der Waals surface area contributed by atoms with Crippen LogP contribution in [0.15, 0.2) is 0 Å². The van der Waals surface area contributed by atoms with Crippen LogP contribution >= 0.6 is 0 Å². The third-order valence-electron chi connectivity index (χ3n) is 3.90. The van der Waals surface area contributed by atoms with Crippen molar-refractivity contribution in [1.82, 2.24) is 0 Å². The van der Waals surface area contributed by atoms with E-state index in [2.05, 4.69) is 0 Å². The van der Waals surface area contributed by atoms with Gasteiger partial charge < -0.3 is 14.6 Å². The SMILES string of the molecule is COCOCCCCCCCCCCCCCCCCO. The van der Waals surface area contributed by atoms with E-state index in [1.165, 1.54) is 83.5 Å². The van der Waals surface area contributed by atoms with Crippen LogP contribution in [0, 0.1) is 0 Å². The molecule has 0 aromatic carbocycles. The van der Waals surface area contributed by atoms with Crippen LogP contribution in [-0.2, 0) is 9.47 Å². The Labute approximate surface area is 132 Å². The number of ether oxygens (including phenoxy) is 2. The molecule has 0 aliphatic heterocycles. The maximum atomic E-state index is 8.68. The van der Waals surface area contributed by atoms with Gasteiger partial charge in [-0.3, -0.25) is 0 Å². The van der Waals surface area contributed by atoms with Gasteiger partial charge in [0.15, 0.2) is 0 Å². The lowest BCUT2D eigenvalue weighted by atomic mass is 10.0. The lowest BCUT2D eigenvalue weighted by Crippen LogP contribution is -1.98. The molecule has 0 fully saturated rings. The van der Waals surface area contributed by atoms with Gasteiger partial charge in [-0.1, -0.05) is 77.0 Å². The van der Waals surface area contributed by atoms with Gasteiger partial charge in [-0.25, -0.2) is 0 Å². The number of hydrogen-bond donors (Lipinski definition) is 1. The summed E-state index contributed by atoms with van der Waals surface area (Å²) in [6, 6.07) is 0. The van der Waals surface area contributed by atoms with Gasteiger partial charge in [0.05, 0.1) is 0 Å². The van der Waals surface area contributed by atoms with Crippen molar-refractivity contribution in [3.05, 3.63) is 0 Å². The molecule has 0 unspecified atom stereocenters. The zero-order chi connectivity index (χ0) is 15.4. The second-order valence-corrected chi connectivity index (χ2v) is 5.99. The highest BCUT2D eigenvalue weighted by Gasteiger charge is 1.94. The molecule has 0 aromatic rings. The highest BCUT2D eigenvalue weighted by molar-refractivity contribution is 4.49. The first kappa shape index (κ1) is 20.9. The molecule has 0 rings (SSSR count). The first-order valence-electron chi connectivity index (χ1n) is 9.09. The number of aliphatic hydroxyl groups is 1. The van der Waals surface area contributed by atoms with Crippen LogP contribution in [0.3, 0.4) is 0 Å². The van der Waals surface area contributed by atoms with E-state index in [0.29, 0.717) is 13.4 Å². The largest absolute Gasteiger partial charge is 0.396 e. The molecular formula is C18H38O3. The van der Waals surface area contributed by atoms with E-state index < -0.39 is 0 Å². The van der Waals surface area contributed by atoms with Gasteiger partial charge in [-0.15, -0.1) is 0 Å². The Kier molecular flexibility index (Phi) is 19.8. The maximum absolute atomic E-state index is 8.68. The summed E-state index contributed by atoms with van der Waals surface area (Å²) in [5.74, 6) is 0. The molecule has 1 N–H and O–H groups in total. The van der Waals surface area contributed by atoms with E-state index >= 15 is 0 Å². The van der Waals surface area contributed by atoms with Crippen LogP contribution in [-0.4, -0.2) is 32.2 Å². The molecule has 3 heteroatoms. The van der Waals surface area contributed by atoms with Gasteiger partial charge in [0.2, 0.25) is 0 Å². The smallest absolute Gasteiger partial charge is 0.146 e. The zero-order valence-corrected chi connectivity index (χ0v) is 14.3. The molecule has 0 radical (unpaired) electrons. The van der Waals surface area contributed by atoms with Gasteiger partial charge in [-0.2, -0.15) is 0 Å². The van der Waals surface area contributed by atoms with Gasteiger partial charge in [0, 0.05) is 20.3 Å². The van der Waals surface area contributed by atoms with Crippen molar-refractivity contribution in [1.29, 1.82) is 0 Å². The molecule has 0 heterocycles. The molecule has 0 spiro atoms. The summed E-state index contributed by atoms with van der Waals surface area (Å²) >= 11 is 0. The fourth-order valence-corrected chi connectivity index (χ4v) is 2.58. The summed E-state index contributed by atoms with van der Waals surface area (Å²) in [4.78, 5) is 0. The monoisotopic (exact) mass is 302 g/mol. The predicted molar refractivity (Wildman–Crippen MR) is 89.6 cm³/mol. The summed E-state index contributed by atoms with van der Waals surface area (Å²) in [6.07, 6.45) is 18.4. The summed E-state index contributed by atoms with van der Waals surface area (Å²) in [5, 5.41) is 8.68. The molecule has 0 bridgehead atoms. The van der Waals surface area contributed by atoms with Gasteiger partial charge in [0.25, 0.3) is 0 Å². The molecule has 0 aliphatic rings. The van der Waals surface area contributed by atoms with Crippen molar-refractivity contribution in [3.63, 3.8) is 0 Å². The fourth-order valence-electron chi connectivity index (χ4n) is 2.58. The average molecular weight is 302 g/mol. The lowest BCUT2D eigenvalue weighted by molar-refractivity contribution is -0.0315. The molecule has 0 atom stereocenters. The Balaban J connectivity index is 2.90. The third-order valence-corrected chi connectivity index (χ3v) is 3.90. The summed E-state index contributed by atoms with van der Waals surface area (Å²) in [6.45, 7) is 1.63. The van der Waals surface area contributed by atoms with Gasteiger partial charge in [-0.05, 0) is 12.8 Å². The van der Waals surface area contributed by atoms with Crippen molar-refractivity contribution in [2.75, 3.05) is 27.1 Å². The van der Waals surface area contributed by atoms with E-state index in [4.69, 9.17) is 14.6 Å². The van der Waals surface area contributed by atoms with E-state index in [0.717, 1.165) is 13.0 Å². The van der Waals surface area contributed by atoms with Crippen LogP contribution in [0.4, 0.5) is 0 Å².